The molecule has 0 rings (SSSR count). The van der Waals surface area contributed by atoms with Crippen LogP contribution < -0.4 is 4.89 Å². The summed E-state index contributed by atoms with van der Waals surface area (Å²) in [5.74, 6) is -0.881. The standard InChI is InChI=1S/C45H82NO8P/c1-6-8-10-12-14-16-18-20-22-24-26-28-30-32-34-36-38-45(48)54-43(42-53-55(49,50)52-40-39-46(3,4)5)41-51-44(47)37-35-33-31-29-27-25-23-21-19-17-15-13-11-9-7-2/h9,11,15,17,21,23,27,29,43H,6-8,10,12-14,16,18-20,22,24-26,28,30-42H2,1-5H3/b11-9-,17-15-,23-21-,29-27-/t43-/m1/s1. The molecule has 320 valence electrons. The van der Waals surface area contributed by atoms with Gasteiger partial charge in [-0.25, -0.2) is 0 Å². The molecule has 0 saturated carbocycles. The predicted molar refractivity (Wildman–Crippen MR) is 227 cm³/mol. The normalized spacial score (nSPS) is 14.1. The first-order valence-corrected chi connectivity index (χ1v) is 23.3. The van der Waals surface area contributed by atoms with Crippen molar-refractivity contribution in [3.63, 3.8) is 0 Å². The van der Waals surface area contributed by atoms with Gasteiger partial charge in [0.25, 0.3) is 7.82 Å². The van der Waals surface area contributed by atoms with Crippen molar-refractivity contribution in [2.24, 2.45) is 0 Å². The fourth-order valence-electron chi connectivity index (χ4n) is 5.70. The van der Waals surface area contributed by atoms with Crippen molar-refractivity contribution in [1.82, 2.24) is 0 Å². The average Bonchev–Trinajstić information content (AvgIpc) is 3.13. The van der Waals surface area contributed by atoms with Crippen LogP contribution in [0, 0.1) is 0 Å². The van der Waals surface area contributed by atoms with Crippen molar-refractivity contribution >= 4 is 19.8 Å². The first-order valence-electron chi connectivity index (χ1n) is 21.8. The van der Waals surface area contributed by atoms with Crippen LogP contribution in [0.25, 0.3) is 0 Å². The Labute approximate surface area is 337 Å². The Morgan fingerprint density at radius 1 is 0.582 bits per heavy atom. The third kappa shape index (κ3) is 41.4. The van der Waals surface area contributed by atoms with Crippen molar-refractivity contribution in [2.75, 3.05) is 47.5 Å². The number of carbonyl (C=O) groups excluding carboxylic acids is 2. The third-order valence-corrected chi connectivity index (χ3v) is 10.1. The molecule has 2 atom stereocenters. The van der Waals surface area contributed by atoms with Gasteiger partial charge in [0.1, 0.15) is 19.8 Å². The zero-order chi connectivity index (χ0) is 40.7. The van der Waals surface area contributed by atoms with Gasteiger partial charge in [0.2, 0.25) is 0 Å². The Balaban J connectivity index is 4.42. The van der Waals surface area contributed by atoms with Crippen LogP contribution in [0.1, 0.15) is 174 Å². The summed E-state index contributed by atoms with van der Waals surface area (Å²) in [4.78, 5) is 37.5. The van der Waals surface area contributed by atoms with E-state index < -0.39 is 32.5 Å². The number of allylic oxidation sites excluding steroid dienone is 8. The van der Waals surface area contributed by atoms with E-state index in [2.05, 4.69) is 62.5 Å². The third-order valence-electron chi connectivity index (χ3n) is 9.11. The van der Waals surface area contributed by atoms with Crippen LogP contribution in [0.15, 0.2) is 48.6 Å². The van der Waals surface area contributed by atoms with Crippen molar-refractivity contribution in [3.8, 4) is 0 Å². The lowest BCUT2D eigenvalue weighted by Crippen LogP contribution is -2.37. The molecule has 9 nitrogen and oxygen atoms in total. The number of carbonyl (C=O) groups is 2. The van der Waals surface area contributed by atoms with Gasteiger partial charge in [-0.1, -0.05) is 159 Å². The quantitative estimate of drug-likeness (QED) is 0.0199. The summed E-state index contributed by atoms with van der Waals surface area (Å²) in [6, 6.07) is 0. The molecule has 0 aromatic carbocycles. The zero-order valence-electron chi connectivity index (χ0n) is 35.9. The van der Waals surface area contributed by atoms with E-state index in [-0.39, 0.29) is 26.1 Å². The monoisotopic (exact) mass is 796 g/mol. The maximum absolute atomic E-state index is 12.7. The van der Waals surface area contributed by atoms with E-state index in [4.69, 9.17) is 18.5 Å². The molecule has 0 fully saturated rings. The maximum atomic E-state index is 12.7. The lowest BCUT2D eigenvalue weighted by atomic mass is 10.0. The number of nitrogens with zero attached hydrogens (tertiary/aromatic N) is 1. The van der Waals surface area contributed by atoms with Crippen LogP contribution in [0.2, 0.25) is 0 Å². The lowest BCUT2D eigenvalue weighted by molar-refractivity contribution is -0.870. The number of esters is 2. The Morgan fingerprint density at radius 2 is 1.04 bits per heavy atom. The van der Waals surface area contributed by atoms with Gasteiger partial charge in [0.15, 0.2) is 6.10 Å². The smallest absolute Gasteiger partial charge is 0.306 e. The number of likely N-dealkylation sites (N-methyl/N-ethyl adjacent to an activating group) is 1. The van der Waals surface area contributed by atoms with E-state index >= 15 is 0 Å². The predicted octanol–water partition coefficient (Wildman–Crippen LogP) is 11.7. The molecule has 0 heterocycles. The molecule has 0 amide bonds. The molecule has 0 bridgehead atoms. The number of phosphoric acid groups is 1. The topological polar surface area (TPSA) is 111 Å². The Kier molecular flexibility index (Phi) is 36.2. The van der Waals surface area contributed by atoms with Gasteiger partial charge in [-0.3, -0.25) is 14.2 Å². The highest BCUT2D eigenvalue weighted by Gasteiger charge is 2.21. The number of quaternary nitrogens is 1. The Morgan fingerprint density at radius 3 is 1.55 bits per heavy atom. The summed E-state index contributed by atoms with van der Waals surface area (Å²) in [5.41, 5.74) is 0. The summed E-state index contributed by atoms with van der Waals surface area (Å²) in [7, 11) is 1.14. The number of unbranched alkanes of at least 4 members (excludes halogenated alkanes) is 17. The number of rotatable bonds is 39. The zero-order valence-corrected chi connectivity index (χ0v) is 36.8. The Bertz CT molecular complexity index is 1080. The van der Waals surface area contributed by atoms with Crippen molar-refractivity contribution in [1.29, 1.82) is 0 Å². The highest BCUT2D eigenvalue weighted by atomic mass is 31.2. The van der Waals surface area contributed by atoms with E-state index in [1.807, 2.05) is 21.1 Å². The first kappa shape index (κ1) is 53.0. The van der Waals surface area contributed by atoms with E-state index in [1.54, 1.807) is 0 Å². The van der Waals surface area contributed by atoms with Gasteiger partial charge < -0.3 is 27.9 Å². The number of hydrogen-bond donors (Lipinski definition) is 0. The van der Waals surface area contributed by atoms with E-state index in [1.165, 1.54) is 77.0 Å². The molecule has 0 radical (unpaired) electrons. The summed E-state index contributed by atoms with van der Waals surface area (Å²) in [6.07, 6.45) is 42.8. The largest absolute Gasteiger partial charge is 0.756 e. The summed E-state index contributed by atoms with van der Waals surface area (Å²) in [5, 5.41) is 0. The molecule has 55 heavy (non-hydrogen) atoms. The van der Waals surface area contributed by atoms with Gasteiger partial charge in [-0.15, -0.1) is 0 Å². The second-order valence-electron chi connectivity index (χ2n) is 15.7. The molecule has 0 aliphatic rings. The fourth-order valence-corrected chi connectivity index (χ4v) is 6.43. The number of ether oxygens (including phenoxy) is 2. The minimum absolute atomic E-state index is 0.0378. The van der Waals surface area contributed by atoms with Crippen LogP contribution in [0.5, 0.6) is 0 Å². The molecule has 0 aromatic rings. The van der Waals surface area contributed by atoms with Gasteiger partial charge in [-0.2, -0.15) is 0 Å². The molecule has 1 unspecified atom stereocenters. The van der Waals surface area contributed by atoms with Crippen molar-refractivity contribution in [2.45, 2.75) is 180 Å². The molecule has 0 aromatic heterocycles. The second kappa shape index (κ2) is 37.5. The van der Waals surface area contributed by atoms with Gasteiger partial charge in [-0.05, 0) is 51.4 Å². The molecule has 0 saturated heterocycles. The minimum atomic E-state index is -4.63. The summed E-state index contributed by atoms with van der Waals surface area (Å²) >= 11 is 0. The molecule has 0 spiro atoms. The number of phosphoric ester groups is 1. The van der Waals surface area contributed by atoms with E-state index in [0.29, 0.717) is 23.9 Å². The van der Waals surface area contributed by atoms with Gasteiger partial charge >= 0.3 is 11.9 Å². The van der Waals surface area contributed by atoms with Crippen LogP contribution in [-0.4, -0.2) is 70.0 Å². The molecule has 0 aliphatic heterocycles. The number of hydrogen-bond acceptors (Lipinski definition) is 8. The van der Waals surface area contributed by atoms with Crippen LogP contribution >= 0.6 is 7.82 Å². The van der Waals surface area contributed by atoms with Gasteiger partial charge in [0.05, 0.1) is 27.7 Å². The average molecular weight is 796 g/mol. The van der Waals surface area contributed by atoms with E-state index in [0.717, 1.165) is 57.8 Å². The molecular weight excluding hydrogens is 713 g/mol. The highest BCUT2D eigenvalue weighted by molar-refractivity contribution is 7.45. The van der Waals surface area contributed by atoms with Gasteiger partial charge in [0, 0.05) is 12.8 Å². The van der Waals surface area contributed by atoms with Crippen LogP contribution in [0.4, 0.5) is 0 Å². The highest BCUT2D eigenvalue weighted by Crippen LogP contribution is 2.38. The Hall–Kier alpha value is -2.03. The lowest BCUT2D eigenvalue weighted by Gasteiger charge is -2.28. The van der Waals surface area contributed by atoms with E-state index in [9.17, 15) is 19.0 Å². The van der Waals surface area contributed by atoms with Crippen LogP contribution in [0.3, 0.4) is 0 Å². The van der Waals surface area contributed by atoms with Crippen molar-refractivity contribution < 1.29 is 42.1 Å². The summed E-state index contributed by atoms with van der Waals surface area (Å²) in [6.45, 7) is 4.07. The SMILES string of the molecule is CC/C=C\C/C=C\C/C=C\C/C=C\CCCCC(=O)OC[C@H](COP(=O)([O-])OCC[N+](C)(C)C)OC(=O)CCCCCCCCCCCCCCCCCC. The first-order chi connectivity index (χ1) is 26.5. The van der Waals surface area contributed by atoms with Crippen molar-refractivity contribution in [3.05, 3.63) is 48.6 Å². The molecule has 0 N–H and O–H groups in total. The second-order valence-corrected chi connectivity index (χ2v) is 17.1. The molecule has 10 heteroatoms. The fraction of sp³-hybridized carbons (Fsp3) is 0.778. The molecule has 0 aliphatic carbocycles. The van der Waals surface area contributed by atoms with Crippen LogP contribution in [-0.2, 0) is 32.7 Å². The summed E-state index contributed by atoms with van der Waals surface area (Å²) < 4.78 is 33.8. The minimum Gasteiger partial charge on any atom is -0.756 e. The maximum Gasteiger partial charge on any atom is 0.306 e. The molecular formula is C45H82NO8P.